The molecule has 1 rings (SSSR count). The molecule has 0 heterocycles. The lowest BCUT2D eigenvalue weighted by Crippen LogP contribution is -2.06. The molecule has 0 aromatic heterocycles. The molecule has 0 saturated heterocycles. The monoisotopic (exact) mass is 421 g/mol. The Bertz CT molecular complexity index is 627. The van der Waals surface area contributed by atoms with E-state index in [1.54, 1.807) is 6.07 Å². The van der Waals surface area contributed by atoms with E-state index in [1.807, 2.05) is 0 Å². The molecule has 0 amide bonds. The molecule has 0 N–H and O–H groups in total. The van der Waals surface area contributed by atoms with E-state index < -0.39 is 5.97 Å². The van der Waals surface area contributed by atoms with Crippen LogP contribution in [-0.2, 0) is 9.53 Å². The highest BCUT2D eigenvalue weighted by Gasteiger charge is 2.10. The number of isocyanates is 1. The standard InChI is InChI=1S/C24H36ClNO3/c1-2-3-4-5-6-7-8-9-10-11-12-13-14-15-18-29-24(28)21-16-17-22(25)23(19-21)26-20-27/h16-17,19H,2-15,18H2,1H3. The SMILES string of the molecule is CCCCCCCCCCCCCCCCOC(=O)c1ccc(Cl)c(N=C=O)c1. The summed E-state index contributed by atoms with van der Waals surface area (Å²) in [6.45, 7) is 2.67. The normalized spacial score (nSPS) is 10.6. The van der Waals surface area contributed by atoms with Crippen LogP contribution in [0.4, 0.5) is 5.69 Å². The van der Waals surface area contributed by atoms with Gasteiger partial charge in [0.25, 0.3) is 0 Å². The zero-order valence-electron chi connectivity index (χ0n) is 17.9. The molecular weight excluding hydrogens is 386 g/mol. The number of unbranched alkanes of at least 4 members (excludes halogenated alkanes) is 13. The number of nitrogens with zero attached hydrogens (tertiary/aromatic N) is 1. The Balaban J connectivity index is 1.97. The number of aliphatic imine (C=N–C) groups is 1. The van der Waals surface area contributed by atoms with Crippen molar-refractivity contribution in [1.82, 2.24) is 0 Å². The first-order chi connectivity index (χ1) is 14.2. The van der Waals surface area contributed by atoms with Crippen LogP contribution < -0.4 is 0 Å². The quantitative estimate of drug-likeness (QED) is 0.111. The van der Waals surface area contributed by atoms with Gasteiger partial charge < -0.3 is 4.74 Å². The van der Waals surface area contributed by atoms with Gasteiger partial charge in [0.1, 0.15) is 0 Å². The van der Waals surface area contributed by atoms with Gasteiger partial charge in [-0.05, 0) is 24.6 Å². The Morgan fingerprint density at radius 2 is 1.41 bits per heavy atom. The van der Waals surface area contributed by atoms with Crippen molar-refractivity contribution in [3.05, 3.63) is 28.8 Å². The number of carbonyl (C=O) groups excluding carboxylic acids is 2. The zero-order valence-corrected chi connectivity index (χ0v) is 18.6. The summed E-state index contributed by atoms with van der Waals surface area (Å²) < 4.78 is 5.29. The van der Waals surface area contributed by atoms with Crippen molar-refractivity contribution in [2.75, 3.05) is 6.61 Å². The maximum absolute atomic E-state index is 12.0. The van der Waals surface area contributed by atoms with E-state index in [4.69, 9.17) is 16.3 Å². The fourth-order valence-corrected chi connectivity index (χ4v) is 3.48. The summed E-state index contributed by atoms with van der Waals surface area (Å²) in [5, 5.41) is 0.303. The van der Waals surface area contributed by atoms with Gasteiger partial charge >= 0.3 is 5.97 Å². The molecule has 0 atom stereocenters. The minimum absolute atomic E-state index is 0.229. The smallest absolute Gasteiger partial charge is 0.338 e. The van der Waals surface area contributed by atoms with Gasteiger partial charge in [-0.25, -0.2) is 9.59 Å². The van der Waals surface area contributed by atoms with Crippen molar-refractivity contribution in [2.24, 2.45) is 4.99 Å². The van der Waals surface area contributed by atoms with Gasteiger partial charge in [-0.3, -0.25) is 0 Å². The molecule has 4 nitrogen and oxygen atoms in total. The largest absolute Gasteiger partial charge is 0.462 e. The second kappa shape index (κ2) is 17.2. The highest BCUT2D eigenvalue weighted by atomic mass is 35.5. The summed E-state index contributed by atoms with van der Waals surface area (Å²) in [6.07, 6.45) is 19.5. The number of rotatable bonds is 17. The Hall–Kier alpha value is -1.64. The fourth-order valence-electron chi connectivity index (χ4n) is 3.32. The van der Waals surface area contributed by atoms with Crippen molar-refractivity contribution in [3.63, 3.8) is 0 Å². The molecule has 1 aromatic carbocycles. The van der Waals surface area contributed by atoms with Crippen molar-refractivity contribution in [2.45, 2.75) is 96.8 Å². The number of ether oxygens (including phenoxy) is 1. The van der Waals surface area contributed by atoms with Crippen LogP contribution in [0.3, 0.4) is 0 Å². The van der Waals surface area contributed by atoms with Gasteiger partial charge in [-0.2, -0.15) is 4.99 Å². The number of benzene rings is 1. The molecule has 0 aliphatic heterocycles. The average Bonchev–Trinajstić information content (AvgIpc) is 2.72. The van der Waals surface area contributed by atoms with Crippen molar-refractivity contribution in [3.8, 4) is 0 Å². The molecule has 29 heavy (non-hydrogen) atoms. The first-order valence-electron chi connectivity index (χ1n) is 11.2. The third kappa shape index (κ3) is 12.5. The summed E-state index contributed by atoms with van der Waals surface area (Å²) in [4.78, 5) is 25.9. The van der Waals surface area contributed by atoms with Crippen LogP contribution >= 0.6 is 11.6 Å². The summed E-state index contributed by atoms with van der Waals surface area (Å²) in [7, 11) is 0. The van der Waals surface area contributed by atoms with Crippen LogP contribution in [0.2, 0.25) is 5.02 Å². The van der Waals surface area contributed by atoms with Crippen LogP contribution in [0.5, 0.6) is 0 Å². The van der Waals surface area contributed by atoms with E-state index in [-0.39, 0.29) is 5.69 Å². The number of hydrogen-bond donors (Lipinski definition) is 0. The van der Waals surface area contributed by atoms with Gasteiger partial charge in [-0.1, -0.05) is 102 Å². The van der Waals surface area contributed by atoms with Gasteiger partial charge in [-0.15, -0.1) is 0 Å². The lowest BCUT2D eigenvalue weighted by Gasteiger charge is -2.06. The Morgan fingerprint density at radius 1 is 0.897 bits per heavy atom. The fraction of sp³-hybridized carbons (Fsp3) is 0.667. The molecule has 1 aromatic rings. The van der Waals surface area contributed by atoms with Gasteiger partial charge in [0.15, 0.2) is 0 Å². The van der Waals surface area contributed by atoms with Crippen molar-refractivity contribution in [1.29, 1.82) is 0 Å². The Labute approximate surface area is 181 Å². The highest BCUT2D eigenvalue weighted by Crippen LogP contribution is 2.25. The first kappa shape index (κ1) is 25.4. The van der Waals surface area contributed by atoms with E-state index in [1.165, 1.54) is 95.3 Å². The molecule has 162 valence electrons. The van der Waals surface area contributed by atoms with Crippen molar-refractivity contribution >= 4 is 29.3 Å². The number of esters is 1. The predicted octanol–water partition coefficient (Wildman–Crippen LogP) is 7.95. The number of carbonyl (C=O) groups is 1. The zero-order chi connectivity index (χ0) is 21.2. The van der Waals surface area contributed by atoms with Crippen molar-refractivity contribution < 1.29 is 14.3 Å². The van der Waals surface area contributed by atoms with Gasteiger partial charge in [0, 0.05) is 0 Å². The highest BCUT2D eigenvalue weighted by molar-refractivity contribution is 6.33. The van der Waals surface area contributed by atoms with Crippen LogP contribution in [0.1, 0.15) is 107 Å². The van der Waals surface area contributed by atoms with E-state index in [2.05, 4.69) is 11.9 Å². The topological polar surface area (TPSA) is 55.7 Å². The van der Waals surface area contributed by atoms with Crippen LogP contribution in [0.15, 0.2) is 23.2 Å². The molecule has 0 radical (unpaired) electrons. The summed E-state index contributed by atoms with van der Waals surface area (Å²) in [5.74, 6) is -0.418. The summed E-state index contributed by atoms with van der Waals surface area (Å²) >= 11 is 5.90. The van der Waals surface area contributed by atoms with E-state index in [0.29, 0.717) is 17.2 Å². The maximum atomic E-state index is 12.0. The molecule has 0 aliphatic rings. The molecular formula is C24H36ClNO3. The predicted molar refractivity (Wildman–Crippen MR) is 120 cm³/mol. The van der Waals surface area contributed by atoms with Crippen LogP contribution in [0.25, 0.3) is 0 Å². The molecule has 0 bridgehead atoms. The average molecular weight is 422 g/mol. The molecule has 0 unspecified atom stereocenters. The van der Waals surface area contributed by atoms with E-state index in [0.717, 1.165) is 12.8 Å². The minimum atomic E-state index is -0.418. The summed E-state index contributed by atoms with van der Waals surface area (Å²) in [6, 6.07) is 4.54. The van der Waals surface area contributed by atoms with Crippen LogP contribution in [-0.4, -0.2) is 18.7 Å². The number of halogens is 1. The lowest BCUT2D eigenvalue weighted by molar-refractivity contribution is 0.0497. The van der Waals surface area contributed by atoms with E-state index >= 15 is 0 Å². The minimum Gasteiger partial charge on any atom is -0.462 e. The Morgan fingerprint density at radius 3 is 1.93 bits per heavy atom. The van der Waals surface area contributed by atoms with Gasteiger partial charge in [0.05, 0.1) is 22.9 Å². The second-order valence-corrected chi connectivity index (χ2v) is 8.01. The third-order valence-corrected chi connectivity index (χ3v) is 5.40. The molecule has 5 heteroatoms. The van der Waals surface area contributed by atoms with E-state index in [9.17, 15) is 9.59 Å². The van der Waals surface area contributed by atoms with Gasteiger partial charge in [0.2, 0.25) is 6.08 Å². The third-order valence-electron chi connectivity index (χ3n) is 5.08. The molecule has 0 saturated carbocycles. The summed E-state index contributed by atoms with van der Waals surface area (Å²) in [5.41, 5.74) is 0.571. The second-order valence-electron chi connectivity index (χ2n) is 7.60. The molecule has 0 spiro atoms. The maximum Gasteiger partial charge on any atom is 0.338 e. The number of hydrogen-bond acceptors (Lipinski definition) is 4. The molecule has 0 aliphatic carbocycles. The van der Waals surface area contributed by atoms with Crippen LogP contribution in [0, 0.1) is 0 Å². The Kier molecular flexibility index (Phi) is 15.1. The first-order valence-corrected chi connectivity index (χ1v) is 11.6. The molecule has 0 fully saturated rings. The lowest BCUT2D eigenvalue weighted by atomic mass is 10.0.